The normalized spacial score (nSPS) is 11.1. The number of carbonyl (C=O) groups is 1. The molecule has 0 aliphatic rings. The summed E-state index contributed by atoms with van der Waals surface area (Å²) >= 11 is 5.37. The molecule has 0 saturated heterocycles. The van der Waals surface area contributed by atoms with Crippen LogP contribution in [0.25, 0.3) is 42.8 Å². The molecule has 2 heterocycles. The number of halogens is 1. The van der Waals surface area contributed by atoms with Crippen molar-refractivity contribution in [3.8, 4) is 21.7 Å². The molecule has 0 aliphatic carbocycles. The summed E-state index contributed by atoms with van der Waals surface area (Å²) in [7, 11) is 1.97. The molecule has 0 spiro atoms. The lowest BCUT2D eigenvalue weighted by atomic mass is 9.93. The summed E-state index contributed by atoms with van der Waals surface area (Å²) in [6, 6.07) is 17.6. The smallest absolute Gasteiger partial charge is 0.293 e. The van der Waals surface area contributed by atoms with Crippen LogP contribution >= 0.6 is 27.3 Å². The zero-order valence-corrected chi connectivity index (χ0v) is 26.9. The monoisotopic (exact) mass is 623 g/mol. The molecule has 0 fully saturated rings. The molecule has 0 unspecified atom stereocenters. The van der Waals surface area contributed by atoms with Gasteiger partial charge in [-0.25, -0.2) is 4.98 Å². The first-order valence-corrected chi connectivity index (χ1v) is 14.9. The molecule has 0 atom stereocenters. The Kier molecular flexibility index (Phi) is 10.6. The van der Waals surface area contributed by atoms with Gasteiger partial charge in [0, 0.05) is 23.6 Å². The van der Waals surface area contributed by atoms with E-state index < -0.39 is 5.60 Å². The first-order valence-electron chi connectivity index (χ1n) is 13.3. The number of carbonyl (C=O) groups excluding carboxylic acids is 1. The summed E-state index contributed by atoms with van der Waals surface area (Å²) < 4.78 is 8.18. The van der Waals surface area contributed by atoms with Crippen molar-refractivity contribution >= 4 is 54.9 Å². The van der Waals surface area contributed by atoms with E-state index in [2.05, 4.69) is 95.1 Å². The van der Waals surface area contributed by atoms with Crippen molar-refractivity contribution in [3.63, 3.8) is 0 Å². The van der Waals surface area contributed by atoms with Crippen LogP contribution in [0.3, 0.4) is 0 Å². The third-order valence-corrected chi connectivity index (χ3v) is 7.72. The standard InChI is InChI=1S/C25H22BrN3S.C4H10O.C3H6O2/c1-5-18-15(3)12-20-23(22(18)16-8-6-14(2)7-9-16)30-25(27-20)17-10-11-21-19(13-17)24(26)28-29(21)4;1-4(2,3)5;1-2-5-3-4/h6-13H,5H2,1-4H3;5H,1-3H3;3H,2H2,1H3. The minimum Gasteiger partial charge on any atom is -0.468 e. The molecule has 0 amide bonds. The molecule has 1 N–H and O–H groups in total. The largest absolute Gasteiger partial charge is 0.468 e. The van der Waals surface area contributed by atoms with Crippen LogP contribution < -0.4 is 0 Å². The number of hydrogen-bond donors (Lipinski definition) is 1. The van der Waals surface area contributed by atoms with Gasteiger partial charge in [0.2, 0.25) is 0 Å². The van der Waals surface area contributed by atoms with Crippen molar-refractivity contribution in [2.24, 2.45) is 7.05 Å². The minimum atomic E-state index is -0.500. The van der Waals surface area contributed by atoms with E-state index in [1.54, 1.807) is 39.0 Å². The number of fused-ring (bicyclic) bond motifs is 2. The molecule has 6 nitrogen and oxygen atoms in total. The summed E-state index contributed by atoms with van der Waals surface area (Å²) in [5.41, 5.74) is 9.41. The summed E-state index contributed by atoms with van der Waals surface area (Å²) in [6.45, 7) is 14.5. The predicted molar refractivity (Wildman–Crippen MR) is 171 cm³/mol. The van der Waals surface area contributed by atoms with E-state index in [-0.39, 0.29) is 0 Å². The first-order chi connectivity index (χ1) is 18.9. The molecule has 0 saturated carbocycles. The number of aromatic nitrogens is 3. The fourth-order valence-electron chi connectivity index (χ4n) is 4.26. The van der Waals surface area contributed by atoms with Crippen LogP contribution in [0, 0.1) is 13.8 Å². The third-order valence-electron chi connectivity index (χ3n) is 5.99. The average Bonchev–Trinajstić information content (AvgIpc) is 3.43. The van der Waals surface area contributed by atoms with E-state index in [9.17, 15) is 4.79 Å². The van der Waals surface area contributed by atoms with Crippen LogP contribution in [-0.4, -0.2) is 38.6 Å². The molecule has 0 radical (unpaired) electrons. The van der Waals surface area contributed by atoms with Gasteiger partial charge in [-0.1, -0.05) is 36.8 Å². The summed E-state index contributed by atoms with van der Waals surface area (Å²) in [4.78, 5) is 14.2. The molecular weight excluding hydrogens is 586 g/mol. The highest BCUT2D eigenvalue weighted by molar-refractivity contribution is 9.10. The Morgan fingerprint density at radius 2 is 1.68 bits per heavy atom. The topological polar surface area (TPSA) is 77.2 Å². The van der Waals surface area contributed by atoms with Crippen molar-refractivity contribution < 1.29 is 14.6 Å². The number of thiazole rings is 1. The van der Waals surface area contributed by atoms with E-state index in [0.717, 1.165) is 38.0 Å². The maximum Gasteiger partial charge on any atom is 0.293 e. The molecule has 8 heteroatoms. The molecule has 212 valence electrons. The molecule has 0 aliphatic heterocycles. The molecule has 5 rings (SSSR count). The highest BCUT2D eigenvalue weighted by Gasteiger charge is 2.17. The quantitative estimate of drug-likeness (QED) is 0.199. The Morgan fingerprint density at radius 1 is 1.05 bits per heavy atom. The SMILES string of the molecule is CC(C)(C)O.CCOC=O.CCc1c(C)cc2nc(-c3ccc4c(c3)c(Br)nn4C)sc2c1-c1ccc(C)cc1. The summed E-state index contributed by atoms with van der Waals surface area (Å²) in [5.74, 6) is 0. The fraction of sp³-hybridized carbons (Fsp3) is 0.344. The molecule has 0 bridgehead atoms. The summed E-state index contributed by atoms with van der Waals surface area (Å²) in [5, 5.41) is 15.2. The second kappa shape index (κ2) is 13.5. The highest BCUT2D eigenvalue weighted by Crippen LogP contribution is 2.41. The second-order valence-corrected chi connectivity index (χ2v) is 12.3. The zero-order valence-electron chi connectivity index (χ0n) is 24.5. The first kappa shape index (κ1) is 31.5. The van der Waals surface area contributed by atoms with Crippen molar-refractivity contribution in [2.75, 3.05) is 6.61 Å². The average molecular weight is 625 g/mol. The van der Waals surface area contributed by atoms with Crippen molar-refractivity contribution in [3.05, 3.63) is 69.8 Å². The Hall–Kier alpha value is -3.07. The van der Waals surface area contributed by atoms with Crippen molar-refractivity contribution in [1.29, 1.82) is 0 Å². The maximum atomic E-state index is 9.18. The highest BCUT2D eigenvalue weighted by atomic mass is 79.9. The van der Waals surface area contributed by atoms with Gasteiger partial charge in [0.15, 0.2) is 0 Å². The van der Waals surface area contributed by atoms with E-state index in [1.807, 2.05) is 11.7 Å². The third kappa shape index (κ3) is 7.77. The van der Waals surface area contributed by atoms with Gasteiger partial charge in [-0.3, -0.25) is 9.48 Å². The Bertz CT molecular complexity index is 1590. The molecule has 40 heavy (non-hydrogen) atoms. The Labute approximate surface area is 249 Å². The van der Waals surface area contributed by atoms with E-state index in [0.29, 0.717) is 13.1 Å². The van der Waals surface area contributed by atoms with Crippen molar-refractivity contribution in [2.45, 2.75) is 60.5 Å². The molecule has 3 aromatic carbocycles. The van der Waals surface area contributed by atoms with Crippen LogP contribution in [0.4, 0.5) is 0 Å². The number of hydrogen-bond acceptors (Lipinski definition) is 6. The van der Waals surface area contributed by atoms with Gasteiger partial charge in [-0.05, 0) is 105 Å². The van der Waals surface area contributed by atoms with Crippen LogP contribution in [0.15, 0.2) is 53.1 Å². The maximum absolute atomic E-state index is 9.18. The number of rotatable bonds is 5. The fourth-order valence-corrected chi connectivity index (χ4v) is 5.95. The van der Waals surface area contributed by atoms with Crippen molar-refractivity contribution in [1.82, 2.24) is 14.8 Å². The van der Waals surface area contributed by atoms with Gasteiger partial charge in [-0.15, -0.1) is 11.3 Å². The lowest BCUT2D eigenvalue weighted by Crippen LogP contribution is -2.10. The van der Waals surface area contributed by atoms with Crippen LogP contribution in [-0.2, 0) is 23.0 Å². The lowest BCUT2D eigenvalue weighted by molar-refractivity contribution is -0.128. The lowest BCUT2D eigenvalue weighted by Gasteiger charge is -2.13. The van der Waals surface area contributed by atoms with Gasteiger partial charge >= 0.3 is 0 Å². The summed E-state index contributed by atoms with van der Waals surface area (Å²) in [6.07, 6.45) is 1.01. The Morgan fingerprint density at radius 3 is 2.23 bits per heavy atom. The number of aliphatic hydroxyl groups is 1. The number of aryl methyl sites for hydroxylation is 3. The van der Waals surface area contributed by atoms with Gasteiger partial charge in [0.05, 0.1) is 27.9 Å². The molecular formula is C32H38BrN3O3S. The van der Waals surface area contributed by atoms with Gasteiger partial charge in [0.25, 0.3) is 6.47 Å². The molecule has 2 aromatic heterocycles. The van der Waals surface area contributed by atoms with Gasteiger partial charge in [0.1, 0.15) is 9.61 Å². The van der Waals surface area contributed by atoms with Crippen LogP contribution in [0.1, 0.15) is 51.3 Å². The minimum absolute atomic E-state index is 0.431. The number of nitrogens with zero attached hydrogens (tertiary/aromatic N) is 3. The van der Waals surface area contributed by atoms with E-state index in [1.165, 1.54) is 32.5 Å². The number of benzene rings is 3. The second-order valence-electron chi connectivity index (χ2n) is 10.5. The number of ether oxygens (including phenoxy) is 1. The predicted octanol–water partition coefficient (Wildman–Crippen LogP) is 8.42. The van der Waals surface area contributed by atoms with E-state index in [4.69, 9.17) is 10.1 Å². The van der Waals surface area contributed by atoms with Crippen LogP contribution in [0.5, 0.6) is 0 Å². The zero-order chi connectivity index (χ0) is 29.6. The Balaban J connectivity index is 0.000000381. The van der Waals surface area contributed by atoms with Gasteiger partial charge in [-0.2, -0.15) is 5.10 Å². The molecule has 5 aromatic rings. The van der Waals surface area contributed by atoms with Crippen LogP contribution in [0.2, 0.25) is 0 Å². The van der Waals surface area contributed by atoms with E-state index >= 15 is 0 Å². The van der Waals surface area contributed by atoms with Gasteiger partial charge < -0.3 is 9.84 Å².